The maximum Gasteiger partial charge on any atom is 0.359 e. The van der Waals surface area contributed by atoms with Gasteiger partial charge in [0.25, 0.3) is 0 Å². The summed E-state index contributed by atoms with van der Waals surface area (Å²) in [6.07, 6.45) is 0. The molecule has 0 saturated heterocycles. The molecule has 24 heavy (non-hydrogen) atoms. The summed E-state index contributed by atoms with van der Waals surface area (Å²) in [4.78, 5) is 24.5. The average molecular weight is 332 g/mol. The molecule has 0 fully saturated rings. The van der Waals surface area contributed by atoms with Gasteiger partial charge in [-0.1, -0.05) is 18.2 Å². The van der Waals surface area contributed by atoms with Gasteiger partial charge in [0.2, 0.25) is 0 Å². The summed E-state index contributed by atoms with van der Waals surface area (Å²) >= 11 is 0. The second kappa shape index (κ2) is 8.26. The number of nitrogens with zero attached hydrogens (tertiary/aromatic N) is 2. The van der Waals surface area contributed by atoms with Crippen molar-refractivity contribution < 1.29 is 23.8 Å². The molecule has 0 unspecified atom stereocenters. The van der Waals surface area contributed by atoms with Crippen LogP contribution in [-0.2, 0) is 14.2 Å². The first-order valence-electron chi connectivity index (χ1n) is 7.58. The summed E-state index contributed by atoms with van der Waals surface area (Å²) in [7, 11) is 1.51. The fourth-order valence-corrected chi connectivity index (χ4v) is 2.20. The van der Waals surface area contributed by atoms with Crippen LogP contribution >= 0.6 is 0 Å². The van der Waals surface area contributed by atoms with E-state index in [-0.39, 0.29) is 31.1 Å². The number of methoxy groups -OCH3 is 1. The highest BCUT2D eigenvalue weighted by Crippen LogP contribution is 2.20. The minimum atomic E-state index is -0.658. The Morgan fingerprint density at radius 1 is 1.08 bits per heavy atom. The first kappa shape index (κ1) is 17.7. The number of aromatic nitrogens is 2. The monoisotopic (exact) mass is 332 g/mol. The molecule has 0 N–H and O–H groups in total. The normalized spacial score (nSPS) is 10.5. The molecule has 0 aliphatic heterocycles. The van der Waals surface area contributed by atoms with Crippen molar-refractivity contribution >= 4 is 11.9 Å². The lowest BCUT2D eigenvalue weighted by atomic mass is 10.2. The number of hydrogen-bond acceptors (Lipinski definition) is 6. The number of benzene rings is 1. The summed E-state index contributed by atoms with van der Waals surface area (Å²) in [5, 5.41) is 4.26. The molecule has 7 heteroatoms. The zero-order valence-electron chi connectivity index (χ0n) is 13.9. The number of esters is 2. The van der Waals surface area contributed by atoms with Crippen molar-refractivity contribution in [2.24, 2.45) is 0 Å². The number of carbonyl (C=O) groups is 2. The van der Waals surface area contributed by atoms with Crippen molar-refractivity contribution in [1.29, 1.82) is 0 Å². The van der Waals surface area contributed by atoms with E-state index in [1.54, 1.807) is 13.8 Å². The van der Waals surface area contributed by atoms with Gasteiger partial charge in [0.15, 0.2) is 5.69 Å². The summed E-state index contributed by atoms with van der Waals surface area (Å²) < 4.78 is 16.5. The van der Waals surface area contributed by atoms with E-state index in [1.165, 1.54) is 11.8 Å². The smallest absolute Gasteiger partial charge is 0.359 e. The van der Waals surface area contributed by atoms with Crippen molar-refractivity contribution in [3.8, 4) is 5.69 Å². The average Bonchev–Trinajstić information content (AvgIpc) is 2.93. The summed E-state index contributed by atoms with van der Waals surface area (Å²) in [5.74, 6) is -1.29. The third kappa shape index (κ3) is 3.80. The van der Waals surface area contributed by atoms with Gasteiger partial charge in [0.05, 0.1) is 24.6 Å². The lowest BCUT2D eigenvalue weighted by Crippen LogP contribution is -2.15. The number of rotatable bonds is 7. The van der Waals surface area contributed by atoms with Crippen LogP contribution < -0.4 is 0 Å². The molecule has 0 radical (unpaired) electrons. The number of carbonyl (C=O) groups excluding carboxylic acids is 2. The van der Waals surface area contributed by atoms with Crippen LogP contribution in [0.3, 0.4) is 0 Å². The molecule has 2 rings (SSSR count). The molecule has 0 bridgehead atoms. The van der Waals surface area contributed by atoms with Gasteiger partial charge in [0, 0.05) is 7.11 Å². The molecule has 1 heterocycles. The van der Waals surface area contributed by atoms with Crippen molar-refractivity contribution in [3.63, 3.8) is 0 Å². The molecular formula is C17H20N2O5. The largest absolute Gasteiger partial charge is 0.461 e. The number of para-hydroxylation sites is 1. The van der Waals surface area contributed by atoms with Crippen LogP contribution in [0.2, 0.25) is 0 Å². The summed E-state index contributed by atoms with van der Waals surface area (Å²) in [5.41, 5.74) is 1.29. The van der Waals surface area contributed by atoms with Crippen molar-refractivity contribution in [2.45, 2.75) is 13.8 Å². The molecule has 1 aromatic heterocycles. The number of ether oxygens (including phenoxy) is 3. The first-order valence-corrected chi connectivity index (χ1v) is 7.58. The SMILES string of the molecule is CCOC(=O)c1nn(-c2ccccc2)c(C)c1C(=O)OCCOC. The van der Waals surface area contributed by atoms with Gasteiger partial charge in [-0.2, -0.15) is 5.10 Å². The Morgan fingerprint density at radius 3 is 2.42 bits per heavy atom. The van der Waals surface area contributed by atoms with E-state index in [0.29, 0.717) is 5.69 Å². The van der Waals surface area contributed by atoms with E-state index < -0.39 is 11.9 Å². The predicted octanol–water partition coefficient (Wildman–Crippen LogP) is 2.16. The first-order chi connectivity index (χ1) is 11.6. The van der Waals surface area contributed by atoms with E-state index in [2.05, 4.69) is 5.10 Å². The highest BCUT2D eigenvalue weighted by atomic mass is 16.6. The van der Waals surface area contributed by atoms with Gasteiger partial charge in [-0.25, -0.2) is 14.3 Å². The quantitative estimate of drug-likeness (QED) is 0.571. The molecule has 1 aromatic carbocycles. The van der Waals surface area contributed by atoms with Crippen LogP contribution in [0.4, 0.5) is 0 Å². The maximum atomic E-state index is 12.4. The van der Waals surface area contributed by atoms with Crippen molar-refractivity contribution in [2.75, 3.05) is 26.9 Å². The molecule has 0 spiro atoms. The van der Waals surface area contributed by atoms with Gasteiger partial charge in [-0.15, -0.1) is 0 Å². The predicted molar refractivity (Wildman–Crippen MR) is 86.4 cm³/mol. The topological polar surface area (TPSA) is 79.7 Å². The summed E-state index contributed by atoms with van der Waals surface area (Å²) in [6.45, 7) is 3.94. The molecule has 0 atom stereocenters. The molecule has 128 valence electrons. The maximum absolute atomic E-state index is 12.4. The molecule has 7 nitrogen and oxygen atoms in total. The van der Waals surface area contributed by atoms with Crippen LogP contribution in [-0.4, -0.2) is 48.6 Å². The van der Waals surface area contributed by atoms with Gasteiger partial charge in [0.1, 0.15) is 12.2 Å². The Balaban J connectivity index is 2.44. The van der Waals surface area contributed by atoms with Crippen molar-refractivity contribution in [1.82, 2.24) is 9.78 Å². The fraction of sp³-hybridized carbons (Fsp3) is 0.353. The lowest BCUT2D eigenvalue weighted by Gasteiger charge is -2.06. The van der Waals surface area contributed by atoms with Crippen LogP contribution in [0.25, 0.3) is 5.69 Å². The highest BCUT2D eigenvalue weighted by Gasteiger charge is 2.28. The zero-order valence-corrected chi connectivity index (χ0v) is 13.9. The van der Waals surface area contributed by atoms with Gasteiger partial charge in [-0.3, -0.25) is 0 Å². The number of hydrogen-bond donors (Lipinski definition) is 0. The fourth-order valence-electron chi connectivity index (χ4n) is 2.20. The Kier molecular flexibility index (Phi) is 6.08. The minimum absolute atomic E-state index is 0.0550. The Bertz CT molecular complexity index is 709. The molecule has 0 aliphatic rings. The van der Waals surface area contributed by atoms with Gasteiger partial charge < -0.3 is 14.2 Å². The highest BCUT2D eigenvalue weighted by molar-refractivity contribution is 6.02. The third-order valence-electron chi connectivity index (χ3n) is 3.31. The standard InChI is InChI=1S/C17H20N2O5/c1-4-23-17(21)15-14(16(20)24-11-10-22-3)12(2)19(18-15)13-8-6-5-7-9-13/h5-9H,4,10-11H2,1-3H3. The molecule has 0 amide bonds. The van der Waals surface area contributed by atoms with Crippen LogP contribution in [0.5, 0.6) is 0 Å². The molecule has 2 aromatic rings. The van der Waals surface area contributed by atoms with E-state index in [1.807, 2.05) is 30.3 Å². The van der Waals surface area contributed by atoms with E-state index in [0.717, 1.165) is 5.69 Å². The van der Waals surface area contributed by atoms with E-state index in [4.69, 9.17) is 14.2 Å². The Morgan fingerprint density at radius 2 is 1.79 bits per heavy atom. The van der Waals surface area contributed by atoms with Crippen LogP contribution in [0, 0.1) is 6.92 Å². The second-order valence-corrected chi connectivity index (χ2v) is 4.91. The minimum Gasteiger partial charge on any atom is -0.461 e. The molecule has 0 aliphatic carbocycles. The Hall–Kier alpha value is -2.67. The Labute approximate surface area is 140 Å². The van der Waals surface area contributed by atoms with Gasteiger partial charge >= 0.3 is 11.9 Å². The van der Waals surface area contributed by atoms with E-state index >= 15 is 0 Å². The molecular weight excluding hydrogens is 312 g/mol. The summed E-state index contributed by atoms with van der Waals surface area (Å²) in [6, 6.07) is 9.21. The van der Waals surface area contributed by atoms with Crippen LogP contribution in [0.1, 0.15) is 33.5 Å². The molecule has 0 saturated carbocycles. The van der Waals surface area contributed by atoms with Crippen molar-refractivity contribution in [3.05, 3.63) is 47.3 Å². The third-order valence-corrected chi connectivity index (χ3v) is 3.31. The van der Waals surface area contributed by atoms with Gasteiger partial charge in [-0.05, 0) is 26.0 Å². The zero-order chi connectivity index (χ0) is 17.5. The lowest BCUT2D eigenvalue weighted by molar-refractivity contribution is 0.0373. The second-order valence-electron chi connectivity index (χ2n) is 4.91. The van der Waals surface area contributed by atoms with Crippen LogP contribution in [0.15, 0.2) is 30.3 Å². The van der Waals surface area contributed by atoms with E-state index in [9.17, 15) is 9.59 Å².